The molecule has 0 spiro atoms. The molecule has 2 atom stereocenters. The zero-order valence-electron chi connectivity index (χ0n) is 11.5. The summed E-state index contributed by atoms with van der Waals surface area (Å²) in [6.45, 7) is 4.27. The Bertz CT molecular complexity index is 500. The van der Waals surface area contributed by atoms with Gasteiger partial charge in [0, 0.05) is 24.1 Å². The Kier molecular flexibility index (Phi) is 4.16. The molecule has 2 aliphatic heterocycles. The summed E-state index contributed by atoms with van der Waals surface area (Å²) in [4.78, 5) is 0.0437. The van der Waals surface area contributed by atoms with Crippen molar-refractivity contribution in [3.63, 3.8) is 0 Å². The molecule has 2 unspecified atom stereocenters. The Morgan fingerprint density at radius 1 is 1.15 bits per heavy atom. The molecule has 1 aromatic rings. The highest BCUT2D eigenvalue weighted by Gasteiger charge is 2.39. The van der Waals surface area contributed by atoms with Gasteiger partial charge in [-0.1, -0.05) is 27.5 Å². The van der Waals surface area contributed by atoms with Crippen LogP contribution in [0.2, 0.25) is 5.02 Å². The molecule has 0 N–H and O–H groups in total. The maximum atomic E-state index is 6.43. The molecule has 0 aliphatic carbocycles. The van der Waals surface area contributed by atoms with Gasteiger partial charge in [-0.2, -0.15) is 0 Å². The van der Waals surface area contributed by atoms with Gasteiger partial charge in [-0.25, -0.2) is 0 Å². The summed E-state index contributed by atoms with van der Waals surface area (Å²) < 4.78 is 17.3. The highest BCUT2D eigenvalue weighted by molar-refractivity contribution is 9.09. The molecule has 2 aliphatic rings. The highest BCUT2D eigenvalue weighted by atomic mass is 79.9. The van der Waals surface area contributed by atoms with Crippen LogP contribution in [-0.2, 0) is 4.74 Å². The van der Waals surface area contributed by atoms with Gasteiger partial charge in [0.05, 0.1) is 23.6 Å². The summed E-state index contributed by atoms with van der Waals surface area (Å²) in [5, 5.41) is 0.688. The van der Waals surface area contributed by atoms with Crippen molar-refractivity contribution in [3.05, 3.63) is 22.7 Å². The fraction of sp³-hybridized carbons (Fsp3) is 0.600. The van der Waals surface area contributed by atoms with Crippen LogP contribution in [0.15, 0.2) is 12.1 Å². The van der Waals surface area contributed by atoms with Gasteiger partial charge in [-0.15, -0.1) is 0 Å². The number of fused-ring (bicyclic) bond motifs is 1. The van der Waals surface area contributed by atoms with E-state index in [1.165, 1.54) is 0 Å². The van der Waals surface area contributed by atoms with Gasteiger partial charge in [0.15, 0.2) is 11.5 Å². The molecule has 0 radical (unpaired) electrons. The lowest BCUT2D eigenvalue weighted by Crippen LogP contribution is -2.28. The van der Waals surface area contributed by atoms with E-state index in [0.717, 1.165) is 42.9 Å². The smallest absolute Gasteiger partial charge is 0.162 e. The lowest BCUT2D eigenvalue weighted by atomic mass is 9.93. The van der Waals surface area contributed by atoms with E-state index in [1.54, 1.807) is 0 Å². The van der Waals surface area contributed by atoms with Crippen LogP contribution < -0.4 is 9.47 Å². The molecular formula is C15H18BrClO3. The van der Waals surface area contributed by atoms with Gasteiger partial charge in [0.1, 0.15) is 0 Å². The highest BCUT2D eigenvalue weighted by Crippen LogP contribution is 2.47. The Hall–Kier alpha value is -0.450. The molecule has 0 saturated carbocycles. The third-order valence-corrected chi connectivity index (χ3v) is 5.71. The van der Waals surface area contributed by atoms with Crippen LogP contribution in [0.3, 0.4) is 0 Å². The summed E-state index contributed by atoms with van der Waals surface area (Å²) in [5.74, 6) is 1.50. The van der Waals surface area contributed by atoms with Crippen LogP contribution in [0.5, 0.6) is 11.5 Å². The molecule has 0 bridgehead atoms. The van der Waals surface area contributed by atoms with Crippen molar-refractivity contribution in [1.29, 1.82) is 0 Å². The SMILES string of the molecule is CC1(C(Br)c2cc3c(cc2Cl)OCCCO3)CCCO1. The molecule has 3 rings (SSSR count). The van der Waals surface area contributed by atoms with Crippen molar-refractivity contribution in [2.24, 2.45) is 0 Å². The van der Waals surface area contributed by atoms with Gasteiger partial charge in [0.2, 0.25) is 0 Å². The number of benzene rings is 1. The van der Waals surface area contributed by atoms with Crippen molar-refractivity contribution in [2.75, 3.05) is 19.8 Å². The van der Waals surface area contributed by atoms with E-state index in [2.05, 4.69) is 22.9 Å². The molecule has 110 valence electrons. The normalized spacial score (nSPS) is 27.1. The Morgan fingerprint density at radius 2 is 1.85 bits per heavy atom. The first-order valence-electron chi connectivity index (χ1n) is 6.97. The van der Waals surface area contributed by atoms with Crippen molar-refractivity contribution in [3.8, 4) is 11.5 Å². The second-order valence-corrected chi connectivity index (χ2v) is 6.82. The average molecular weight is 362 g/mol. The number of ether oxygens (including phenoxy) is 3. The minimum atomic E-state index is -0.219. The number of hydrogen-bond donors (Lipinski definition) is 0. The maximum absolute atomic E-state index is 6.43. The molecular weight excluding hydrogens is 344 g/mol. The average Bonchev–Trinajstić information content (AvgIpc) is 2.75. The zero-order valence-corrected chi connectivity index (χ0v) is 13.8. The monoisotopic (exact) mass is 360 g/mol. The number of halogens is 2. The van der Waals surface area contributed by atoms with E-state index >= 15 is 0 Å². The second-order valence-electron chi connectivity index (χ2n) is 5.50. The molecule has 1 aromatic carbocycles. The number of hydrogen-bond acceptors (Lipinski definition) is 3. The van der Waals surface area contributed by atoms with Crippen LogP contribution in [0.4, 0.5) is 0 Å². The van der Waals surface area contributed by atoms with E-state index in [9.17, 15) is 0 Å². The first-order valence-corrected chi connectivity index (χ1v) is 8.26. The minimum Gasteiger partial charge on any atom is -0.490 e. The van der Waals surface area contributed by atoms with Gasteiger partial charge < -0.3 is 14.2 Å². The van der Waals surface area contributed by atoms with E-state index in [4.69, 9.17) is 25.8 Å². The third kappa shape index (κ3) is 2.66. The van der Waals surface area contributed by atoms with Crippen molar-refractivity contribution in [1.82, 2.24) is 0 Å². The lowest BCUT2D eigenvalue weighted by Gasteiger charge is -2.30. The number of alkyl halides is 1. The summed E-state index contributed by atoms with van der Waals surface area (Å²) in [6.07, 6.45) is 2.99. The predicted octanol–water partition coefficient (Wildman–Crippen LogP) is 4.51. The molecule has 0 amide bonds. The van der Waals surface area contributed by atoms with Crippen LogP contribution in [0, 0.1) is 0 Å². The molecule has 3 nitrogen and oxygen atoms in total. The van der Waals surface area contributed by atoms with Crippen LogP contribution >= 0.6 is 27.5 Å². The fourth-order valence-corrected chi connectivity index (χ4v) is 3.86. The molecule has 5 heteroatoms. The molecule has 1 fully saturated rings. The van der Waals surface area contributed by atoms with Gasteiger partial charge in [-0.05, 0) is 31.4 Å². The largest absolute Gasteiger partial charge is 0.490 e. The van der Waals surface area contributed by atoms with E-state index in [0.29, 0.717) is 18.2 Å². The van der Waals surface area contributed by atoms with E-state index < -0.39 is 0 Å². The van der Waals surface area contributed by atoms with Crippen LogP contribution in [0.1, 0.15) is 36.6 Å². The van der Waals surface area contributed by atoms with Crippen molar-refractivity contribution in [2.45, 2.75) is 36.6 Å². The van der Waals surface area contributed by atoms with E-state index in [1.807, 2.05) is 12.1 Å². The topological polar surface area (TPSA) is 27.7 Å². The summed E-state index contributed by atoms with van der Waals surface area (Å²) in [6, 6.07) is 3.83. The minimum absolute atomic E-state index is 0.0437. The first kappa shape index (κ1) is 14.5. The van der Waals surface area contributed by atoms with E-state index in [-0.39, 0.29) is 10.4 Å². The standard InChI is InChI=1S/C15H18BrClO3/c1-15(4-2-7-20-15)14(16)10-8-12-13(9-11(10)17)19-6-3-5-18-12/h8-9,14H,2-7H2,1H3. The Morgan fingerprint density at radius 3 is 2.50 bits per heavy atom. The van der Waals surface area contributed by atoms with Crippen LogP contribution in [0.25, 0.3) is 0 Å². The van der Waals surface area contributed by atoms with Gasteiger partial charge in [0.25, 0.3) is 0 Å². The second kappa shape index (κ2) is 5.74. The molecule has 1 saturated heterocycles. The summed E-state index contributed by atoms with van der Waals surface area (Å²) in [5.41, 5.74) is 0.782. The Labute approximate surface area is 132 Å². The third-order valence-electron chi connectivity index (χ3n) is 3.93. The lowest BCUT2D eigenvalue weighted by molar-refractivity contribution is 0.0197. The Balaban J connectivity index is 1.95. The summed E-state index contributed by atoms with van der Waals surface area (Å²) >= 11 is 10.2. The molecule has 20 heavy (non-hydrogen) atoms. The first-order chi connectivity index (χ1) is 9.60. The van der Waals surface area contributed by atoms with Gasteiger partial charge in [-0.3, -0.25) is 0 Å². The maximum Gasteiger partial charge on any atom is 0.162 e. The predicted molar refractivity (Wildman–Crippen MR) is 82.3 cm³/mol. The molecule has 2 heterocycles. The summed E-state index contributed by atoms with van der Waals surface area (Å²) in [7, 11) is 0. The zero-order chi connectivity index (χ0) is 14.2. The van der Waals surface area contributed by atoms with Crippen LogP contribution in [-0.4, -0.2) is 25.4 Å². The van der Waals surface area contributed by atoms with Crippen molar-refractivity contribution >= 4 is 27.5 Å². The fourth-order valence-electron chi connectivity index (χ4n) is 2.72. The van der Waals surface area contributed by atoms with Gasteiger partial charge >= 0.3 is 0 Å². The number of rotatable bonds is 2. The molecule has 0 aromatic heterocycles. The van der Waals surface area contributed by atoms with Crippen molar-refractivity contribution < 1.29 is 14.2 Å². The quantitative estimate of drug-likeness (QED) is 0.726.